The van der Waals surface area contributed by atoms with Crippen LogP contribution in [0.15, 0.2) is 42.2 Å². The highest BCUT2D eigenvalue weighted by atomic mass is 16.5. The molecular formula is C18H21NO4. The van der Waals surface area contributed by atoms with E-state index in [1.165, 1.54) is 0 Å². The van der Waals surface area contributed by atoms with Crippen LogP contribution in [0.3, 0.4) is 0 Å². The van der Waals surface area contributed by atoms with Crippen molar-refractivity contribution in [3.05, 3.63) is 47.7 Å². The maximum Gasteiger partial charge on any atom is 0.185 e. The second-order valence-corrected chi connectivity index (χ2v) is 5.46. The molecule has 0 N–H and O–H groups in total. The predicted octanol–water partition coefficient (Wildman–Crippen LogP) is 2.24. The Hall–Kier alpha value is -2.11. The zero-order valence-corrected chi connectivity index (χ0v) is 13.1. The van der Waals surface area contributed by atoms with Gasteiger partial charge in [-0.05, 0) is 42.8 Å². The Morgan fingerprint density at radius 1 is 1.13 bits per heavy atom. The minimum atomic E-state index is 0.369. The van der Waals surface area contributed by atoms with Gasteiger partial charge in [0.2, 0.25) is 0 Å². The number of allylic oxidation sites excluding steroid dienone is 3. The third kappa shape index (κ3) is 4.43. The van der Waals surface area contributed by atoms with E-state index < -0.39 is 0 Å². The quantitative estimate of drug-likeness (QED) is 0.754. The molecule has 122 valence electrons. The summed E-state index contributed by atoms with van der Waals surface area (Å²) in [6.07, 6.45) is 5.16. The van der Waals surface area contributed by atoms with Gasteiger partial charge in [0.25, 0.3) is 0 Å². The number of carbonyl (C=O) groups is 1. The number of hydrogen-bond donors (Lipinski definition) is 0. The fourth-order valence-electron chi connectivity index (χ4n) is 2.57. The van der Waals surface area contributed by atoms with Crippen LogP contribution in [0.4, 0.5) is 0 Å². The Morgan fingerprint density at radius 3 is 2.65 bits per heavy atom. The topological polar surface area (TPSA) is 48.0 Å². The van der Waals surface area contributed by atoms with Crippen LogP contribution in [-0.4, -0.2) is 50.6 Å². The number of hydrogen-bond acceptors (Lipinski definition) is 5. The molecule has 2 aliphatic heterocycles. The molecule has 0 unspecified atom stereocenters. The third-order valence-electron chi connectivity index (χ3n) is 3.89. The minimum absolute atomic E-state index is 0.369. The van der Waals surface area contributed by atoms with Crippen LogP contribution in [0.1, 0.15) is 12.0 Å². The van der Waals surface area contributed by atoms with E-state index in [4.69, 9.17) is 14.2 Å². The summed E-state index contributed by atoms with van der Waals surface area (Å²) in [4.78, 5) is 13.1. The summed E-state index contributed by atoms with van der Waals surface area (Å²) in [7, 11) is 0. The molecule has 0 bridgehead atoms. The molecule has 3 rings (SSSR count). The number of rotatable bonds is 6. The molecule has 0 radical (unpaired) electrons. The van der Waals surface area contributed by atoms with E-state index in [1.807, 2.05) is 30.3 Å². The van der Waals surface area contributed by atoms with E-state index in [0.29, 0.717) is 18.8 Å². The first kappa shape index (κ1) is 15.8. The molecule has 2 heterocycles. The molecule has 5 heteroatoms. The molecular weight excluding hydrogens is 294 g/mol. The van der Waals surface area contributed by atoms with Crippen molar-refractivity contribution in [2.24, 2.45) is 0 Å². The average Bonchev–Trinajstić information content (AvgIpc) is 2.63. The van der Waals surface area contributed by atoms with E-state index >= 15 is 0 Å². The Labute approximate surface area is 136 Å². The van der Waals surface area contributed by atoms with Gasteiger partial charge in [-0.3, -0.25) is 9.69 Å². The fraction of sp³-hybridized carbons (Fsp3) is 0.389. The SMILES string of the molecule is O=CC1=CCC=C(c2ccc(OCCN3CCOCC3)cc2)O1. The van der Waals surface area contributed by atoms with Gasteiger partial charge < -0.3 is 14.2 Å². The van der Waals surface area contributed by atoms with Crippen molar-refractivity contribution in [3.63, 3.8) is 0 Å². The first-order valence-electron chi connectivity index (χ1n) is 7.92. The van der Waals surface area contributed by atoms with Crippen molar-refractivity contribution < 1.29 is 19.0 Å². The summed E-state index contributed by atoms with van der Waals surface area (Å²) in [6.45, 7) is 5.13. The van der Waals surface area contributed by atoms with E-state index in [0.717, 1.165) is 56.2 Å². The highest BCUT2D eigenvalue weighted by molar-refractivity contribution is 5.75. The molecule has 0 spiro atoms. The second kappa shape index (κ2) is 7.94. The normalized spacial score (nSPS) is 18.6. The Kier molecular flexibility index (Phi) is 5.45. The largest absolute Gasteiger partial charge is 0.492 e. The molecule has 0 atom stereocenters. The molecule has 0 amide bonds. The van der Waals surface area contributed by atoms with Gasteiger partial charge in [-0.25, -0.2) is 0 Å². The van der Waals surface area contributed by atoms with E-state index in [1.54, 1.807) is 6.08 Å². The van der Waals surface area contributed by atoms with Crippen molar-refractivity contribution in [3.8, 4) is 5.75 Å². The average molecular weight is 315 g/mol. The van der Waals surface area contributed by atoms with Crippen LogP contribution in [0.2, 0.25) is 0 Å². The first-order chi connectivity index (χ1) is 11.3. The van der Waals surface area contributed by atoms with Crippen LogP contribution in [0.5, 0.6) is 5.75 Å². The molecule has 0 saturated carbocycles. The van der Waals surface area contributed by atoms with E-state index in [9.17, 15) is 4.79 Å². The molecule has 1 aromatic carbocycles. The lowest BCUT2D eigenvalue weighted by Crippen LogP contribution is -2.38. The lowest BCUT2D eigenvalue weighted by Gasteiger charge is -2.26. The van der Waals surface area contributed by atoms with Crippen molar-refractivity contribution in [2.45, 2.75) is 6.42 Å². The summed E-state index contributed by atoms with van der Waals surface area (Å²) >= 11 is 0. The fourth-order valence-corrected chi connectivity index (χ4v) is 2.57. The standard InChI is InChI=1S/C18H21NO4/c20-14-17-2-1-3-18(23-17)15-4-6-16(7-5-15)22-13-10-19-8-11-21-12-9-19/h2-7,14H,1,8-13H2. The summed E-state index contributed by atoms with van der Waals surface area (Å²) in [5, 5.41) is 0. The highest BCUT2D eigenvalue weighted by Gasteiger charge is 2.11. The van der Waals surface area contributed by atoms with Gasteiger partial charge in [0.1, 0.15) is 18.1 Å². The van der Waals surface area contributed by atoms with Crippen LogP contribution >= 0.6 is 0 Å². The molecule has 2 aliphatic rings. The predicted molar refractivity (Wildman–Crippen MR) is 87.0 cm³/mol. The number of benzene rings is 1. The minimum Gasteiger partial charge on any atom is -0.492 e. The maximum atomic E-state index is 10.8. The zero-order valence-electron chi connectivity index (χ0n) is 13.1. The van der Waals surface area contributed by atoms with Gasteiger partial charge in [-0.2, -0.15) is 0 Å². The number of aldehydes is 1. The first-order valence-corrected chi connectivity index (χ1v) is 7.92. The van der Waals surface area contributed by atoms with Gasteiger partial charge in [0.15, 0.2) is 12.0 Å². The van der Waals surface area contributed by atoms with Crippen molar-refractivity contribution in [2.75, 3.05) is 39.5 Å². The monoisotopic (exact) mass is 315 g/mol. The molecule has 1 fully saturated rings. The summed E-state index contributed by atoms with van der Waals surface area (Å²) in [6, 6.07) is 7.75. The van der Waals surface area contributed by atoms with Gasteiger partial charge >= 0.3 is 0 Å². The van der Waals surface area contributed by atoms with Crippen molar-refractivity contribution >= 4 is 12.0 Å². The smallest absolute Gasteiger partial charge is 0.185 e. The summed E-state index contributed by atoms with van der Waals surface area (Å²) < 4.78 is 16.6. The van der Waals surface area contributed by atoms with E-state index in [-0.39, 0.29) is 0 Å². The Morgan fingerprint density at radius 2 is 1.91 bits per heavy atom. The number of carbonyl (C=O) groups excluding carboxylic acids is 1. The number of ether oxygens (including phenoxy) is 3. The molecule has 1 aromatic rings. The van der Waals surface area contributed by atoms with Crippen molar-refractivity contribution in [1.82, 2.24) is 4.90 Å². The highest BCUT2D eigenvalue weighted by Crippen LogP contribution is 2.25. The Balaban J connectivity index is 1.49. The van der Waals surface area contributed by atoms with Gasteiger partial charge in [0.05, 0.1) is 13.2 Å². The lowest BCUT2D eigenvalue weighted by molar-refractivity contribution is -0.106. The van der Waals surface area contributed by atoms with Crippen LogP contribution < -0.4 is 4.74 Å². The van der Waals surface area contributed by atoms with Crippen LogP contribution in [0, 0.1) is 0 Å². The second-order valence-electron chi connectivity index (χ2n) is 5.46. The summed E-state index contributed by atoms with van der Waals surface area (Å²) in [5.41, 5.74) is 0.943. The van der Waals surface area contributed by atoms with Gasteiger partial charge in [-0.1, -0.05) is 0 Å². The number of morpholine rings is 1. The third-order valence-corrected chi connectivity index (χ3v) is 3.89. The maximum absolute atomic E-state index is 10.8. The van der Waals surface area contributed by atoms with Crippen LogP contribution in [-0.2, 0) is 14.3 Å². The molecule has 1 saturated heterocycles. The lowest BCUT2D eigenvalue weighted by atomic mass is 10.1. The molecule has 0 aliphatic carbocycles. The molecule has 0 aromatic heterocycles. The van der Waals surface area contributed by atoms with E-state index in [2.05, 4.69) is 4.90 Å². The van der Waals surface area contributed by atoms with Crippen LogP contribution in [0.25, 0.3) is 5.76 Å². The zero-order chi connectivity index (χ0) is 15.9. The Bertz CT molecular complexity index is 586. The summed E-state index contributed by atoms with van der Waals surface area (Å²) in [5.74, 6) is 1.92. The van der Waals surface area contributed by atoms with Gasteiger partial charge in [-0.15, -0.1) is 0 Å². The van der Waals surface area contributed by atoms with Crippen molar-refractivity contribution in [1.29, 1.82) is 0 Å². The molecule has 5 nitrogen and oxygen atoms in total. The molecule has 23 heavy (non-hydrogen) atoms. The number of nitrogens with zero attached hydrogens (tertiary/aromatic N) is 1. The van der Waals surface area contributed by atoms with Gasteiger partial charge in [0, 0.05) is 25.2 Å².